The third kappa shape index (κ3) is 8.33. The summed E-state index contributed by atoms with van der Waals surface area (Å²) in [6.07, 6.45) is 2.69. The molecule has 1 aliphatic carbocycles. The number of carbonyl (C=O) groups is 5. The minimum Gasteiger partial charge on any atom is -0.494 e. The quantitative estimate of drug-likeness (QED) is 0.120. The van der Waals surface area contributed by atoms with Gasteiger partial charge in [-0.1, -0.05) is 54.9 Å². The van der Waals surface area contributed by atoms with Crippen molar-refractivity contribution in [2.24, 2.45) is 18.7 Å². The maximum atomic E-state index is 16.2. The van der Waals surface area contributed by atoms with Gasteiger partial charge in [-0.05, 0) is 55.5 Å². The molecule has 0 unspecified atom stereocenters. The number of halogens is 3. The van der Waals surface area contributed by atoms with Crippen LogP contribution in [0.15, 0.2) is 66.7 Å². The number of rotatable bonds is 12. The van der Waals surface area contributed by atoms with E-state index in [0.717, 1.165) is 22.2 Å². The third-order valence-electron chi connectivity index (χ3n) is 14.0. The van der Waals surface area contributed by atoms with Crippen LogP contribution in [0.25, 0.3) is 22.0 Å². The van der Waals surface area contributed by atoms with E-state index >= 15 is 8.78 Å². The second-order valence-electron chi connectivity index (χ2n) is 17.8. The number of ether oxygens (including phenoxy) is 2. The molecule has 0 bridgehead atoms. The number of aryl methyl sites for hydroxylation is 1. The normalized spacial score (nSPS) is 21.6. The van der Waals surface area contributed by atoms with Gasteiger partial charge in [0, 0.05) is 98.8 Å². The molecule has 5 aromatic rings. The van der Waals surface area contributed by atoms with Gasteiger partial charge in [0.15, 0.2) is 23.0 Å². The Morgan fingerprint density at radius 3 is 2.40 bits per heavy atom. The van der Waals surface area contributed by atoms with Gasteiger partial charge in [0.05, 0.1) is 35.4 Å². The van der Waals surface area contributed by atoms with Gasteiger partial charge in [-0.3, -0.25) is 34.1 Å². The van der Waals surface area contributed by atoms with Gasteiger partial charge in [0.1, 0.15) is 11.6 Å². The molecule has 4 aromatic carbocycles. The number of nitrogens with two attached hydrogens (primary N) is 1. The minimum absolute atomic E-state index is 0.00658. The summed E-state index contributed by atoms with van der Waals surface area (Å²) in [5, 5.41) is 14.0. The number of urea groups is 1. The number of hydrogen-bond donors (Lipinski definition) is 4. The van der Waals surface area contributed by atoms with Crippen molar-refractivity contribution in [1.29, 1.82) is 0 Å². The predicted octanol–water partition coefficient (Wildman–Crippen LogP) is 5.73. The highest BCUT2D eigenvalue weighted by molar-refractivity contribution is 6.34. The molecule has 6 amide bonds. The zero-order chi connectivity index (χ0) is 48.0. The van der Waals surface area contributed by atoms with Crippen molar-refractivity contribution in [2.75, 3.05) is 62.7 Å². The SMILES string of the molecule is COc1ccc(C(N)=O)c(-c2c(Cl)c(F)cc3c2[C@H](C)[C@@](CNC2CCC(C(=O)NCC(=O)N4CCN(c5cccc6c(N7CCC(=O)NC7=O)nn(C)c56)CC4)CC2)(c2ccccc2)O3)c1F. The summed E-state index contributed by atoms with van der Waals surface area (Å²) < 4.78 is 45.7. The molecular formula is C49H52ClF2N9O7. The Morgan fingerprint density at radius 1 is 0.971 bits per heavy atom. The second kappa shape index (κ2) is 18.7. The zero-order valence-electron chi connectivity index (χ0n) is 37.9. The van der Waals surface area contributed by atoms with Crippen LogP contribution in [-0.2, 0) is 27.0 Å². The highest BCUT2D eigenvalue weighted by atomic mass is 35.5. The molecule has 2 atom stereocenters. The van der Waals surface area contributed by atoms with Crippen LogP contribution in [-0.4, -0.2) is 103 Å². The molecule has 0 radical (unpaired) electrons. The fourth-order valence-corrected chi connectivity index (χ4v) is 10.6. The molecule has 19 heteroatoms. The van der Waals surface area contributed by atoms with Crippen molar-refractivity contribution in [3.63, 3.8) is 0 Å². The maximum absolute atomic E-state index is 16.2. The van der Waals surface area contributed by atoms with E-state index < -0.39 is 35.1 Å². The molecule has 1 saturated carbocycles. The Kier molecular flexibility index (Phi) is 12.7. The number of hydrogen-bond acceptors (Lipinski definition) is 10. The van der Waals surface area contributed by atoms with E-state index in [4.69, 9.17) is 26.8 Å². The predicted molar refractivity (Wildman–Crippen MR) is 251 cm³/mol. The number of fused-ring (bicyclic) bond motifs is 2. The Balaban J connectivity index is 0.815. The number of piperazine rings is 1. The molecule has 3 fully saturated rings. The van der Waals surface area contributed by atoms with E-state index in [-0.39, 0.29) is 88.9 Å². The summed E-state index contributed by atoms with van der Waals surface area (Å²) in [5.41, 5.74) is 7.05. The van der Waals surface area contributed by atoms with Crippen LogP contribution in [0.2, 0.25) is 5.02 Å². The number of benzene rings is 4. The number of para-hydroxylation sites is 1. The first-order chi connectivity index (χ1) is 32.7. The van der Waals surface area contributed by atoms with Crippen LogP contribution in [0, 0.1) is 17.6 Å². The second-order valence-corrected chi connectivity index (χ2v) is 18.2. The van der Waals surface area contributed by atoms with E-state index in [2.05, 4.69) is 25.9 Å². The van der Waals surface area contributed by atoms with Crippen LogP contribution in [0.5, 0.6) is 11.5 Å². The smallest absolute Gasteiger partial charge is 0.329 e. The highest BCUT2D eigenvalue weighted by Crippen LogP contribution is 2.56. The van der Waals surface area contributed by atoms with Gasteiger partial charge in [0.25, 0.3) is 0 Å². The van der Waals surface area contributed by atoms with E-state index in [9.17, 15) is 24.0 Å². The topological polar surface area (TPSA) is 193 Å². The largest absolute Gasteiger partial charge is 0.494 e. The Labute approximate surface area is 396 Å². The van der Waals surface area contributed by atoms with Crippen molar-refractivity contribution < 1.29 is 42.2 Å². The molecule has 2 saturated heterocycles. The summed E-state index contributed by atoms with van der Waals surface area (Å²) in [7, 11) is 3.10. The van der Waals surface area contributed by atoms with E-state index in [1.54, 1.807) is 9.58 Å². The van der Waals surface area contributed by atoms with Crippen molar-refractivity contribution in [2.45, 2.75) is 56.6 Å². The molecule has 3 aliphatic heterocycles. The number of nitrogens with one attached hydrogen (secondary N) is 3. The highest BCUT2D eigenvalue weighted by Gasteiger charge is 2.50. The Hall–Kier alpha value is -6.79. The number of amides is 6. The van der Waals surface area contributed by atoms with Crippen LogP contribution in [0.1, 0.15) is 66.4 Å². The van der Waals surface area contributed by atoms with Crippen molar-refractivity contribution >= 4 is 63.7 Å². The molecule has 1 aromatic heterocycles. The fourth-order valence-electron chi connectivity index (χ4n) is 10.4. The van der Waals surface area contributed by atoms with Gasteiger partial charge in [0.2, 0.25) is 23.6 Å². The van der Waals surface area contributed by atoms with Crippen LogP contribution >= 0.6 is 11.6 Å². The average Bonchev–Trinajstić information content (AvgIpc) is 3.83. The molecule has 4 heterocycles. The minimum atomic E-state index is -1.12. The van der Waals surface area contributed by atoms with Crippen LogP contribution in [0.4, 0.5) is 25.1 Å². The first kappa shape index (κ1) is 46.3. The Bertz CT molecular complexity index is 2830. The van der Waals surface area contributed by atoms with Gasteiger partial charge >= 0.3 is 6.03 Å². The molecule has 9 rings (SSSR count). The molecule has 356 valence electrons. The third-order valence-corrected chi connectivity index (χ3v) is 14.4. The number of imide groups is 1. The molecule has 0 spiro atoms. The van der Waals surface area contributed by atoms with Crippen molar-refractivity contribution in [3.8, 4) is 22.6 Å². The first-order valence-corrected chi connectivity index (χ1v) is 23.1. The lowest BCUT2D eigenvalue weighted by molar-refractivity contribution is -0.134. The lowest BCUT2D eigenvalue weighted by Gasteiger charge is -2.37. The van der Waals surface area contributed by atoms with Crippen LogP contribution in [0.3, 0.4) is 0 Å². The lowest BCUT2D eigenvalue weighted by atomic mass is 9.77. The maximum Gasteiger partial charge on any atom is 0.329 e. The standard InChI is InChI=1S/C49H52ClF2N9O7/c1-27-39-36(24-33(51)42(50)41(39)40-31(45(53)64)16-17-35(67-3)43(40)52)68-49(27,29-8-5-4-6-9-29)26-55-30-14-12-28(13-15-30)47(65)54-25-38(63)60-22-20-59(21-23-60)34-11-7-10-32-44(34)58(2)57-46(32)61-19-18-37(62)56-48(61)66/h4-11,16-17,24,27-28,30,55H,12-15,18-23,25-26H2,1-3H3,(H2,53,64)(H,54,65)(H,56,62,66)/t27-,28?,30?,49-/m0/s1. The van der Waals surface area contributed by atoms with E-state index in [1.165, 1.54) is 30.2 Å². The summed E-state index contributed by atoms with van der Waals surface area (Å²) in [6, 6.07) is 18.5. The molecule has 5 N–H and O–H groups in total. The summed E-state index contributed by atoms with van der Waals surface area (Å²) in [4.78, 5) is 69.3. The van der Waals surface area contributed by atoms with Crippen LogP contribution < -0.4 is 41.0 Å². The zero-order valence-corrected chi connectivity index (χ0v) is 38.6. The summed E-state index contributed by atoms with van der Waals surface area (Å²) in [5.74, 6) is -3.73. The lowest BCUT2D eigenvalue weighted by Crippen LogP contribution is -2.52. The van der Waals surface area contributed by atoms with Crippen molar-refractivity contribution in [1.82, 2.24) is 30.6 Å². The Morgan fingerprint density at radius 2 is 1.71 bits per heavy atom. The molecule has 4 aliphatic rings. The number of anilines is 2. The molecule has 68 heavy (non-hydrogen) atoms. The van der Waals surface area contributed by atoms with Gasteiger partial charge in [-0.25, -0.2) is 13.6 Å². The number of primary amides is 1. The first-order valence-electron chi connectivity index (χ1n) is 22.7. The van der Waals surface area contributed by atoms with E-state index in [0.29, 0.717) is 63.2 Å². The average molecular weight is 952 g/mol. The van der Waals surface area contributed by atoms with Crippen molar-refractivity contribution in [3.05, 3.63) is 100 Å². The summed E-state index contributed by atoms with van der Waals surface area (Å²) >= 11 is 6.67. The number of aromatic nitrogens is 2. The fraction of sp³-hybridized carbons (Fsp3) is 0.388. The monoisotopic (exact) mass is 951 g/mol. The molecular weight excluding hydrogens is 900 g/mol. The molecule has 16 nitrogen and oxygen atoms in total. The summed E-state index contributed by atoms with van der Waals surface area (Å²) in [6.45, 7) is 4.30. The number of methoxy groups -OCH3 is 1. The number of nitrogens with zero attached hydrogens (tertiary/aromatic N) is 5. The van der Waals surface area contributed by atoms with Gasteiger partial charge in [-0.2, -0.15) is 5.10 Å². The number of carbonyl (C=O) groups excluding carboxylic acids is 5. The van der Waals surface area contributed by atoms with Gasteiger partial charge < -0.3 is 35.6 Å². The van der Waals surface area contributed by atoms with Gasteiger partial charge in [-0.15, -0.1) is 0 Å². The van der Waals surface area contributed by atoms with E-state index in [1.807, 2.05) is 62.5 Å².